The van der Waals surface area contributed by atoms with Gasteiger partial charge in [-0.1, -0.05) is 142 Å². The topological polar surface area (TPSA) is 108 Å². The fourth-order valence-electron chi connectivity index (χ4n) is 5.54. The standard InChI is InChI=1S/C40H78NO8P/c1-6-8-10-12-14-16-18-19-20-21-23-25-27-29-31-33-40(43)49-38(37-48-50(44,45)47-35-34-41(3,4)5)36-46-39(42)32-30-28-26-24-22-17-15-13-11-9-7-2/h19-20,38H,6-18,21-37H2,1-5H3/p+1/b20-19-. The monoisotopic (exact) mass is 733 g/mol. The predicted octanol–water partition coefficient (Wildman–Crippen LogP) is 11.0. The Labute approximate surface area is 307 Å². The van der Waals surface area contributed by atoms with Crippen LogP contribution in [-0.2, 0) is 32.7 Å². The number of carbonyl (C=O) groups is 2. The van der Waals surface area contributed by atoms with Gasteiger partial charge < -0.3 is 18.9 Å². The number of ether oxygens (including phenoxy) is 2. The smallest absolute Gasteiger partial charge is 0.462 e. The summed E-state index contributed by atoms with van der Waals surface area (Å²) in [7, 11) is 1.48. The maximum atomic E-state index is 12.6. The summed E-state index contributed by atoms with van der Waals surface area (Å²) >= 11 is 0. The first-order valence-corrected chi connectivity index (χ1v) is 21.9. The Balaban J connectivity index is 4.40. The van der Waals surface area contributed by atoms with Gasteiger partial charge in [-0.25, -0.2) is 4.57 Å². The first-order chi connectivity index (χ1) is 24.0. The molecule has 296 valence electrons. The van der Waals surface area contributed by atoms with Crippen LogP contribution in [0.4, 0.5) is 0 Å². The molecule has 0 bridgehead atoms. The summed E-state index contributed by atoms with van der Waals surface area (Å²) in [4.78, 5) is 35.2. The normalized spacial score (nSPS) is 13.8. The van der Waals surface area contributed by atoms with Gasteiger partial charge in [0.2, 0.25) is 0 Å². The number of hydrogen-bond donors (Lipinski definition) is 1. The van der Waals surface area contributed by atoms with Gasteiger partial charge >= 0.3 is 19.8 Å². The molecule has 0 rings (SSSR count). The van der Waals surface area contributed by atoms with Crippen molar-refractivity contribution >= 4 is 19.8 Å². The van der Waals surface area contributed by atoms with E-state index in [-0.39, 0.29) is 25.6 Å². The van der Waals surface area contributed by atoms with Gasteiger partial charge in [0.25, 0.3) is 0 Å². The van der Waals surface area contributed by atoms with E-state index in [0.29, 0.717) is 23.9 Å². The highest BCUT2D eigenvalue weighted by Crippen LogP contribution is 2.43. The molecule has 0 amide bonds. The minimum absolute atomic E-state index is 0.0329. The number of hydrogen-bond acceptors (Lipinski definition) is 7. The van der Waals surface area contributed by atoms with Gasteiger partial charge in [0.1, 0.15) is 19.8 Å². The molecule has 1 N–H and O–H groups in total. The van der Waals surface area contributed by atoms with E-state index in [0.717, 1.165) is 51.4 Å². The number of rotatable bonds is 37. The minimum Gasteiger partial charge on any atom is -0.462 e. The van der Waals surface area contributed by atoms with E-state index < -0.39 is 26.5 Å². The van der Waals surface area contributed by atoms with Crippen molar-refractivity contribution < 1.29 is 42.1 Å². The van der Waals surface area contributed by atoms with Crippen molar-refractivity contribution in [1.82, 2.24) is 0 Å². The first-order valence-electron chi connectivity index (χ1n) is 20.4. The van der Waals surface area contributed by atoms with Crippen molar-refractivity contribution in [1.29, 1.82) is 0 Å². The second-order valence-electron chi connectivity index (χ2n) is 15.0. The van der Waals surface area contributed by atoms with Crippen molar-refractivity contribution in [2.75, 3.05) is 47.5 Å². The lowest BCUT2D eigenvalue weighted by Gasteiger charge is -2.24. The molecule has 0 aromatic carbocycles. The molecule has 0 saturated heterocycles. The van der Waals surface area contributed by atoms with Gasteiger partial charge in [-0.2, -0.15) is 0 Å². The van der Waals surface area contributed by atoms with E-state index >= 15 is 0 Å². The molecule has 10 heteroatoms. The quantitative estimate of drug-likeness (QED) is 0.0221. The number of esters is 2. The van der Waals surface area contributed by atoms with Crippen LogP contribution in [-0.4, -0.2) is 74.9 Å². The molecule has 0 aliphatic rings. The third kappa shape index (κ3) is 36.5. The van der Waals surface area contributed by atoms with Gasteiger partial charge in [0, 0.05) is 12.8 Å². The molecule has 0 spiro atoms. The van der Waals surface area contributed by atoms with Crippen LogP contribution in [0, 0.1) is 0 Å². The Morgan fingerprint density at radius 2 is 1.02 bits per heavy atom. The lowest BCUT2D eigenvalue weighted by atomic mass is 10.1. The van der Waals surface area contributed by atoms with Gasteiger partial charge in [0.05, 0.1) is 27.7 Å². The SMILES string of the molecule is CCCCCCCC/C=C\CCCCCCCC(=O)OC(COC(=O)CCCCCCCCCCCCC)COP(=O)(O)OCC[N+](C)(C)C. The summed E-state index contributed by atoms with van der Waals surface area (Å²) in [6.45, 7) is 4.40. The average Bonchev–Trinajstić information content (AvgIpc) is 3.06. The molecule has 0 heterocycles. The molecular formula is C40H79NO8P+. The van der Waals surface area contributed by atoms with Crippen molar-refractivity contribution in [3.05, 3.63) is 12.2 Å². The summed E-state index contributed by atoms with van der Waals surface area (Å²) in [5.41, 5.74) is 0. The van der Waals surface area contributed by atoms with E-state index in [1.54, 1.807) is 0 Å². The zero-order chi connectivity index (χ0) is 37.2. The zero-order valence-electron chi connectivity index (χ0n) is 33.1. The molecule has 50 heavy (non-hydrogen) atoms. The summed E-state index contributed by atoms with van der Waals surface area (Å²) in [6.07, 6.45) is 32.5. The van der Waals surface area contributed by atoms with Crippen LogP contribution in [0.2, 0.25) is 0 Å². The lowest BCUT2D eigenvalue weighted by molar-refractivity contribution is -0.870. The number of phosphoric acid groups is 1. The second-order valence-corrected chi connectivity index (χ2v) is 16.5. The Morgan fingerprint density at radius 3 is 1.48 bits per heavy atom. The third-order valence-electron chi connectivity index (χ3n) is 8.80. The Bertz CT molecular complexity index is 876. The van der Waals surface area contributed by atoms with E-state index in [1.165, 1.54) is 96.3 Å². The average molecular weight is 733 g/mol. The number of unbranched alkanes of at least 4 members (excludes halogenated alkanes) is 21. The van der Waals surface area contributed by atoms with Crippen LogP contribution in [0.5, 0.6) is 0 Å². The van der Waals surface area contributed by atoms with Crippen molar-refractivity contribution in [2.45, 2.75) is 187 Å². The molecular weight excluding hydrogens is 653 g/mol. The number of quaternary nitrogens is 1. The number of allylic oxidation sites excluding steroid dienone is 2. The van der Waals surface area contributed by atoms with Crippen molar-refractivity contribution in [2.24, 2.45) is 0 Å². The number of phosphoric ester groups is 1. The van der Waals surface area contributed by atoms with Crippen molar-refractivity contribution in [3.63, 3.8) is 0 Å². The second kappa shape index (κ2) is 33.6. The fourth-order valence-corrected chi connectivity index (χ4v) is 6.28. The molecule has 0 aromatic rings. The Kier molecular flexibility index (Phi) is 32.7. The van der Waals surface area contributed by atoms with E-state index in [4.69, 9.17) is 18.5 Å². The maximum Gasteiger partial charge on any atom is 0.472 e. The molecule has 0 fully saturated rings. The molecule has 0 radical (unpaired) electrons. The summed E-state index contributed by atoms with van der Waals surface area (Å²) in [5.74, 6) is -0.804. The fraction of sp³-hybridized carbons (Fsp3) is 0.900. The van der Waals surface area contributed by atoms with Gasteiger partial charge in [0.15, 0.2) is 6.10 Å². The molecule has 0 saturated carbocycles. The van der Waals surface area contributed by atoms with E-state index in [2.05, 4.69) is 26.0 Å². The predicted molar refractivity (Wildman–Crippen MR) is 206 cm³/mol. The zero-order valence-corrected chi connectivity index (χ0v) is 34.0. The molecule has 2 atom stereocenters. The molecule has 2 unspecified atom stereocenters. The Hall–Kier alpha value is -1.25. The highest BCUT2D eigenvalue weighted by molar-refractivity contribution is 7.47. The van der Waals surface area contributed by atoms with Gasteiger partial charge in [-0.3, -0.25) is 18.6 Å². The van der Waals surface area contributed by atoms with Crippen molar-refractivity contribution in [3.8, 4) is 0 Å². The molecule has 0 aliphatic carbocycles. The van der Waals surface area contributed by atoms with Crippen LogP contribution >= 0.6 is 7.82 Å². The summed E-state index contributed by atoms with van der Waals surface area (Å²) < 4.78 is 34.2. The number of carbonyl (C=O) groups excluding carboxylic acids is 2. The van der Waals surface area contributed by atoms with Crippen LogP contribution in [0.25, 0.3) is 0 Å². The van der Waals surface area contributed by atoms with Crippen LogP contribution < -0.4 is 0 Å². The number of likely N-dealkylation sites (N-methyl/N-ethyl adjacent to an activating group) is 1. The third-order valence-corrected chi connectivity index (χ3v) is 9.78. The molecule has 9 nitrogen and oxygen atoms in total. The van der Waals surface area contributed by atoms with E-state index in [9.17, 15) is 19.0 Å². The highest BCUT2D eigenvalue weighted by Gasteiger charge is 2.27. The Morgan fingerprint density at radius 1 is 0.600 bits per heavy atom. The molecule has 0 aromatic heterocycles. The maximum absolute atomic E-state index is 12.6. The van der Waals surface area contributed by atoms with Crippen LogP contribution in [0.1, 0.15) is 181 Å². The van der Waals surface area contributed by atoms with E-state index in [1.807, 2.05) is 21.1 Å². The van der Waals surface area contributed by atoms with Crippen LogP contribution in [0.15, 0.2) is 12.2 Å². The first kappa shape index (κ1) is 48.8. The highest BCUT2D eigenvalue weighted by atomic mass is 31.2. The van der Waals surface area contributed by atoms with Gasteiger partial charge in [-0.15, -0.1) is 0 Å². The van der Waals surface area contributed by atoms with Crippen LogP contribution in [0.3, 0.4) is 0 Å². The largest absolute Gasteiger partial charge is 0.472 e. The lowest BCUT2D eigenvalue weighted by Crippen LogP contribution is -2.37. The minimum atomic E-state index is -4.36. The van der Waals surface area contributed by atoms with Gasteiger partial charge in [-0.05, 0) is 38.5 Å². The molecule has 0 aliphatic heterocycles. The number of nitrogens with zero attached hydrogens (tertiary/aromatic N) is 1. The summed E-state index contributed by atoms with van der Waals surface area (Å²) in [5, 5.41) is 0. The summed E-state index contributed by atoms with van der Waals surface area (Å²) in [6, 6.07) is 0.